The van der Waals surface area contributed by atoms with Crippen molar-refractivity contribution in [3.8, 4) is 0 Å². The molecule has 1 aliphatic heterocycles. The first-order valence-corrected chi connectivity index (χ1v) is 8.90. The van der Waals surface area contributed by atoms with Gasteiger partial charge in [-0.05, 0) is 23.4 Å². The average molecular weight is 336 g/mol. The molecule has 0 saturated heterocycles. The highest BCUT2D eigenvalue weighted by Crippen LogP contribution is 2.34. The molecule has 5 heteroatoms. The maximum Gasteiger partial charge on any atom is 0.255 e. The summed E-state index contributed by atoms with van der Waals surface area (Å²) >= 11 is 0. The van der Waals surface area contributed by atoms with Crippen molar-refractivity contribution in [2.45, 2.75) is 32.9 Å². The Hall–Kier alpha value is -2.40. The van der Waals surface area contributed by atoms with Crippen LogP contribution >= 0.6 is 0 Å². The second-order valence-electron chi connectivity index (χ2n) is 7.27. The number of rotatable bonds is 3. The van der Waals surface area contributed by atoms with Crippen LogP contribution in [-0.4, -0.2) is 26.0 Å². The Kier molecular flexibility index (Phi) is 3.96. The lowest BCUT2D eigenvalue weighted by Crippen LogP contribution is -2.39. The summed E-state index contributed by atoms with van der Waals surface area (Å²) in [6, 6.07) is 10.3. The molecular weight excluding hydrogens is 312 g/mol. The molecule has 0 spiro atoms. The molecule has 1 aromatic carbocycles. The molecule has 0 aliphatic carbocycles. The Labute approximate surface area is 147 Å². The summed E-state index contributed by atoms with van der Waals surface area (Å²) in [6.07, 6.45) is 2.74. The van der Waals surface area contributed by atoms with Gasteiger partial charge in [0.25, 0.3) is 5.56 Å². The zero-order valence-electron chi connectivity index (χ0n) is 15.0. The fourth-order valence-electron chi connectivity index (χ4n) is 4.09. The van der Waals surface area contributed by atoms with E-state index in [1.54, 1.807) is 10.9 Å². The number of para-hydroxylation sites is 1. The van der Waals surface area contributed by atoms with E-state index >= 15 is 0 Å². The van der Waals surface area contributed by atoms with Gasteiger partial charge in [0, 0.05) is 37.8 Å². The van der Waals surface area contributed by atoms with Crippen LogP contribution in [0.2, 0.25) is 0 Å². The van der Waals surface area contributed by atoms with Gasteiger partial charge in [0.1, 0.15) is 0 Å². The van der Waals surface area contributed by atoms with Gasteiger partial charge >= 0.3 is 0 Å². The van der Waals surface area contributed by atoms with Crippen molar-refractivity contribution >= 4 is 10.9 Å². The fraction of sp³-hybridized carbons (Fsp3) is 0.400. The van der Waals surface area contributed by atoms with E-state index in [9.17, 15) is 4.79 Å². The molecule has 0 amide bonds. The SMILES string of the molecule is CC(C)C1c2nc[nH]c2CCN1Cc1cc2ccccc2n(C)c1=O. The first-order chi connectivity index (χ1) is 12.1. The molecule has 25 heavy (non-hydrogen) atoms. The van der Waals surface area contributed by atoms with Gasteiger partial charge in [-0.2, -0.15) is 0 Å². The van der Waals surface area contributed by atoms with Gasteiger partial charge in [-0.1, -0.05) is 32.0 Å². The number of aryl methyl sites for hydroxylation is 1. The minimum Gasteiger partial charge on any atom is -0.348 e. The van der Waals surface area contributed by atoms with Crippen molar-refractivity contribution in [1.82, 2.24) is 19.4 Å². The van der Waals surface area contributed by atoms with Crippen LogP contribution in [0, 0.1) is 5.92 Å². The molecule has 2 aromatic heterocycles. The number of fused-ring (bicyclic) bond motifs is 2. The highest BCUT2D eigenvalue weighted by Gasteiger charge is 2.32. The number of benzene rings is 1. The predicted octanol–water partition coefficient (Wildman–Crippen LogP) is 3.02. The van der Waals surface area contributed by atoms with E-state index in [-0.39, 0.29) is 11.6 Å². The lowest BCUT2D eigenvalue weighted by Gasteiger charge is -2.37. The summed E-state index contributed by atoms with van der Waals surface area (Å²) in [6.45, 7) is 6.04. The highest BCUT2D eigenvalue weighted by atomic mass is 16.1. The number of nitrogens with one attached hydrogen (secondary N) is 1. The summed E-state index contributed by atoms with van der Waals surface area (Å²) in [5.41, 5.74) is 4.30. The average Bonchev–Trinajstić information content (AvgIpc) is 3.07. The van der Waals surface area contributed by atoms with Gasteiger partial charge in [-0.3, -0.25) is 9.69 Å². The molecule has 1 N–H and O–H groups in total. The number of hydrogen-bond acceptors (Lipinski definition) is 3. The standard InChI is InChI=1S/C20H24N4O/c1-13(2)19-18-16(21-12-22-18)8-9-24(19)11-15-10-14-6-4-5-7-17(14)23(3)20(15)25/h4-7,10,12-13,19H,8-9,11H2,1-3H3,(H,21,22). The number of imidazole rings is 1. The Morgan fingerprint density at radius 1 is 1.32 bits per heavy atom. The topological polar surface area (TPSA) is 53.9 Å². The first kappa shape index (κ1) is 16.1. The lowest BCUT2D eigenvalue weighted by molar-refractivity contribution is 0.131. The molecule has 3 aromatic rings. The summed E-state index contributed by atoms with van der Waals surface area (Å²) in [5, 5.41) is 1.11. The second kappa shape index (κ2) is 6.15. The Balaban J connectivity index is 1.74. The molecule has 0 fully saturated rings. The van der Waals surface area contributed by atoms with Gasteiger partial charge in [-0.25, -0.2) is 4.98 Å². The van der Waals surface area contributed by atoms with Gasteiger partial charge in [0.2, 0.25) is 0 Å². The fourth-order valence-corrected chi connectivity index (χ4v) is 4.09. The number of aromatic amines is 1. The van der Waals surface area contributed by atoms with E-state index in [4.69, 9.17) is 0 Å². The van der Waals surface area contributed by atoms with Crippen molar-refractivity contribution < 1.29 is 0 Å². The van der Waals surface area contributed by atoms with E-state index in [2.05, 4.69) is 40.8 Å². The zero-order valence-corrected chi connectivity index (χ0v) is 15.0. The third-order valence-electron chi connectivity index (χ3n) is 5.29. The van der Waals surface area contributed by atoms with Crippen LogP contribution in [0.5, 0.6) is 0 Å². The minimum absolute atomic E-state index is 0.0917. The molecule has 3 heterocycles. The van der Waals surface area contributed by atoms with Gasteiger partial charge in [0.15, 0.2) is 0 Å². The number of nitrogens with zero attached hydrogens (tertiary/aromatic N) is 3. The Morgan fingerprint density at radius 3 is 2.92 bits per heavy atom. The number of hydrogen-bond donors (Lipinski definition) is 1. The molecule has 4 rings (SSSR count). The van der Waals surface area contributed by atoms with E-state index < -0.39 is 0 Å². The summed E-state index contributed by atoms with van der Waals surface area (Å²) in [7, 11) is 1.86. The molecule has 1 unspecified atom stereocenters. The third-order valence-corrected chi connectivity index (χ3v) is 5.29. The van der Waals surface area contributed by atoms with Crippen molar-refractivity contribution in [1.29, 1.82) is 0 Å². The van der Waals surface area contributed by atoms with Gasteiger partial charge in [-0.15, -0.1) is 0 Å². The van der Waals surface area contributed by atoms with Gasteiger partial charge in [0.05, 0.1) is 23.6 Å². The monoisotopic (exact) mass is 336 g/mol. The third kappa shape index (κ3) is 2.68. The largest absolute Gasteiger partial charge is 0.348 e. The maximum absolute atomic E-state index is 12.8. The smallest absolute Gasteiger partial charge is 0.255 e. The number of H-pyrrole nitrogens is 1. The maximum atomic E-state index is 12.8. The number of pyridine rings is 1. The molecule has 5 nitrogen and oxygen atoms in total. The minimum atomic E-state index is 0.0917. The van der Waals surface area contributed by atoms with E-state index in [1.165, 1.54) is 5.69 Å². The highest BCUT2D eigenvalue weighted by molar-refractivity contribution is 5.79. The second-order valence-corrected chi connectivity index (χ2v) is 7.27. The molecule has 130 valence electrons. The van der Waals surface area contributed by atoms with Crippen molar-refractivity contribution in [2.24, 2.45) is 13.0 Å². The predicted molar refractivity (Wildman–Crippen MR) is 99.5 cm³/mol. The van der Waals surface area contributed by atoms with E-state index in [1.807, 2.05) is 25.2 Å². The van der Waals surface area contributed by atoms with Crippen molar-refractivity contribution in [2.75, 3.05) is 6.54 Å². The Morgan fingerprint density at radius 2 is 2.12 bits per heavy atom. The van der Waals surface area contributed by atoms with Crippen LogP contribution < -0.4 is 5.56 Å². The molecular formula is C20H24N4O. The Bertz CT molecular complexity index is 969. The molecule has 0 saturated carbocycles. The molecule has 0 radical (unpaired) electrons. The number of aromatic nitrogens is 3. The van der Waals surface area contributed by atoms with Crippen LogP contribution in [0.4, 0.5) is 0 Å². The lowest BCUT2D eigenvalue weighted by atomic mass is 9.92. The normalized spacial score (nSPS) is 18.0. The van der Waals surface area contributed by atoms with Crippen molar-refractivity contribution in [3.05, 3.63) is 64.0 Å². The van der Waals surface area contributed by atoms with Crippen molar-refractivity contribution in [3.63, 3.8) is 0 Å². The van der Waals surface area contributed by atoms with Crippen LogP contribution in [0.25, 0.3) is 10.9 Å². The molecule has 1 aliphatic rings. The summed E-state index contributed by atoms with van der Waals surface area (Å²) in [4.78, 5) is 23.1. The van der Waals surface area contributed by atoms with Crippen LogP contribution in [0.1, 0.15) is 36.8 Å². The summed E-state index contributed by atoms with van der Waals surface area (Å²) in [5.74, 6) is 0.437. The zero-order chi connectivity index (χ0) is 17.6. The van der Waals surface area contributed by atoms with Crippen LogP contribution in [0.15, 0.2) is 41.5 Å². The van der Waals surface area contributed by atoms with Crippen LogP contribution in [-0.2, 0) is 20.0 Å². The van der Waals surface area contributed by atoms with E-state index in [0.29, 0.717) is 12.5 Å². The van der Waals surface area contributed by atoms with Crippen LogP contribution in [0.3, 0.4) is 0 Å². The first-order valence-electron chi connectivity index (χ1n) is 8.90. The van der Waals surface area contributed by atoms with Gasteiger partial charge < -0.3 is 9.55 Å². The molecule has 0 bridgehead atoms. The molecule has 1 atom stereocenters. The summed E-state index contributed by atoms with van der Waals surface area (Å²) < 4.78 is 1.76. The quantitative estimate of drug-likeness (QED) is 0.800. The van der Waals surface area contributed by atoms with E-state index in [0.717, 1.165) is 35.1 Å².